The normalized spacial score (nSPS) is 10.4. The van der Waals surface area contributed by atoms with Gasteiger partial charge in [0.25, 0.3) is 0 Å². The van der Waals surface area contributed by atoms with Crippen LogP contribution in [0.3, 0.4) is 0 Å². The highest BCUT2D eigenvalue weighted by atomic mass is 32.1. The number of carbonyl (C=O) groups excluding carboxylic acids is 2. The molecule has 0 aliphatic heterocycles. The summed E-state index contributed by atoms with van der Waals surface area (Å²) < 4.78 is 0. The fourth-order valence-corrected chi connectivity index (χ4v) is 2.99. The summed E-state index contributed by atoms with van der Waals surface area (Å²) in [6, 6.07) is 7.20. The number of amides is 2. The van der Waals surface area contributed by atoms with Crippen molar-refractivity contribution in [2.75, 3.05) is 10.6 Å². The maximum absolute atomic E-state index is 12.1. The van der Waals surface area contributed by atoms with E-state index in [1.54, 1.807) is 12.1 Å². The minimum atomic E-state index is -0.126. The Hall–Kier alpha value is -2.28. The maximum atomic E-state index is 12.1. The van der Waals surface area contributed by atoms with E-state index in [1.807, 2.05) is 12.1 Å². The number of anilines is 2. The van der Waals surface area contributed by atoms with Gasteiger partial charge in [0.15, 0.2) is 0 Å². The lowest BCUT2D eigenvalue weighted by atomic mass is 10.1. The molecule has 7 heteroatoms. The Balaban J connectivity index is 1.83. The fraction of sp³-hybridized carbons (Fsp3) is 0.412. The molecule has 0 radical (unpaired) electrons. The average molecular weight is 346 g/mol. The number of aryl methyl sites for hydroxylation is 1. The summed E-state index contributed by atoms with van der Waals surface area (Å²) in [5, 5.41) is 15.1. The second-order valence-corrected chi connectivity index (χ2v) is 6.62. The number of hydrogen-bond donors (Lipinski definition) is 2. The van der Waals surface area contributed by atoms with Crippen LogP contribution in [0.15, 0.2) is 24.3 Å². The van der Waals surface area contributed by atoms with Crippen LogP contribution in [-0.2, 0) is 22.4 Å². The molecule has 2 rings (SSSR count). The predicted octanol–water partition coefficient (Wildman–Crippen LogP) is 3.41. The van der Waals surface area contributed by atoms with Crippen molar-refractivity contribution in [3.63, 3.8) is 0 Å². The topological polar surface area (TPSA) is 84.0 Å². The summed E-state index contributed by atoms with van der Waals surface area (Å²) in [6.07, 6.45) is 4.61. The predicted molar refractivity (Wildman–Crippen MR) is 96.2 cm³/mol. The molecule has 24 heavy (non-hydrogen) atoms. The molecule has 1 aromatic carbocycles. The molecule has 2 amide bonds. The molecule has 6 nitrogen and oxygen atoms in total. The monoisotopic (exact) mass is 346 g/mol. The summed E-state index contributed by atoms with van der Waals surface area (Å²) in [4.78, 5) is 23.0. The number of rotatable bonds is 8. The Labute approximate surface area is 145 Å². The quantitative estimate of drug-likeness (QED) is 0.718. The standard InChI is InChI=1S/C17H22N4O2S/c1-3-4-5-6-16-20-21-17(24-16)19-15(23)11-13-7-9-14(10-8-13)18-12(2)22/h7-10H,3-6,11H2,1-2H3,(H,18,22)(H,19,21,23). The first kappa shape index (κ1) is 18.1. The first-order chi connectivity index (χ1) is 11.6. The number of nitrogens with zero attached hydrogens (tertiary/aromatic N) is 2. The number of aromatic nitrogens is 2. The van der Waals surface area contributed by atoms with E-state index in [9.17, 15) is 9.59 Å². The SMILES string of the molecule is CCCCCc1nnc(NC(=O)Cc2ccc(NC(C)=O)cc2)s1. The molecular formula is C17H22N4O2S. The average Bonchev–Trinajstić information content (AvgIpc) is 2.96. The van der Waals surface area contributed by atoms with Crippen molar-refractivity contribution in [2.24, 2.45) is 0 Å². The largest absolute Gasteiger partial charge is 0.326 e. The van der Waals surface area contributed by atoms with Crippen molar-refractivity contribution < 1.29 is 9.59 Å². The first-order valence-corrected chi connectivity index (χ1v) is 8.87. The van der Waals surface area contributed by atoms with Gasteiger partial charge in [0.1, 0.15) is 5.01 Å². The Bertz CT molecular complexity index is 682. The molecule has 128 valence electrons. The van der Waals surface area contributed by atoms with E-state index >= 15 is 0 Å². The molecule has 0 fully saturated rings. The molecule has 0 atom stereocenters. The highest BCUT2D eigenvalue weighted by Gasteiger charge is 2.09. The number of benzene rings is 1. The molecule has 2 aromatic rings. The van der Waals surface area contributed by atoms with Gasteiger partial charge in [-0.2, -0.15) is 0 Å². The Morgan fingerprint density at radius 1 is 1.08 bits per heavy atom. The van der Waals surface area contributed by atoms with Gasteiger partial charge < -0.3 is 10.6 Å². The molecule has 0 aliphatic rings. The molecule has 0 saturated carbocycles. The molecule has 0 bridgehead atoms. The van der Waals surface area contributed by atoms with E-state index in [0.717, 1.165) is 23.4 Å². The van der Waals surface area contributed by atoms with Gasteiger partial charge in [-0.15, -0.1) is 10.2 Å². The Kier molecular flexibility index (Phi) is 6.87. The van der Waals surface area contributed by atoms with Gasteiger partial charge in [-0.05, 0) is 24.1 Å². The zero-order valence-electron chi connectivity index (χ0n) is 14.0. The second-order valence-electron chi connectivity index (χ2n) is 5.56. The number of unbranched alkanes of at least 4 members (excludes halogenated alkanes) is 2. The molecule has 0 aliphatic carbocycles. The van der Waals surface area contributed by atoms with E-state index in [4.69, 9.17) is 0 Å². The van der Waals surface area contributed by atoms with Crippen LogP contribution in [0.2, 0.25) is 0 Å². The number of nitrogens with one attached hydrogen (secondary N) is 2. The van der Waals surface area contributed by atoms with Crippen LogP contribution in [0.25, 0.3) is 0 Å². The lowest BCUT2D eigenvalue weighted by Crippen LogP contribution is -2.14. The van der Waals surface area contributed by atoms with Gasteiger partial charge in [0, 0.05) is 19.0 Å². The zero-order valence-corrected chi connectivity index (χ0v) is 14.8. The lowest BCUT2D eigenvalue weighted by Gasteiger charge is -2.04. The van der Waals surface area contributed by atoms with E-state index in [0.29, 0.717) is 10.8 Å². The summed E-state index contributed by atoms with van der Waals surface area (Å²) in [7, 11) is 0. The molecule has 0 unspecified atom stereocenters. The summed E-state index contributed by atoms with van der Waals surface area (Å²) in [5.74, 6) is -0.245. The van der Waals surface area contributed by atoms with E-state index in [2.05, 4.69) is 27.8 Å². The molecule has 0 spiro atoms. The third kappa shape index (κ3) is 6.08. The van der Waals surface area contributed by atoms with E-state index < -0.39 is 0 Å². The third-order valence-electron chi connectivity index (χ3n) is 3.35. The van der Waals surface area contributed by atoms with E-state index in [-0.39, 0.29) is 18.2 Å². The van der Waals surface area contributed by atoms with Gasteiger partial charge in [0.2, 0.25) is 16.9 Å². The Morgan fingerprint density at radius 3 is 2.50 bits per heavy atom. The lowest BCUT2D eigenvalue weighted by molar-refractivity contribution is -0.116. The highest BCUT2D eigenvalue weighted by molar-refractivity contribution is 7.15. The smallest absolute Gasteiger partial charge is 0.230 e. The maximum Gasteiger partial charge on any atom is 0.230 e. The van der Waals surface area contributed by atoms with Crippen molar-refractivity contribution in [1.29, 1.82) is 0 Å². The Morgan fingerprint density at radius 2 is 1.83 bits per heavy atom. The minimum Gasteiger partial charge on any atom is -0.326 e. The van der Waals surface area contributed by atoms with Crippen LogP contribution < -0.4 is 10.6 Å². The number of carbonyl (C=O) groups is 2. The first-order valence-electron chi connectivity index (χ1n) is 8.05. The van der Waals surface area contributed by atoms with Crippen LogP contribution >= 0.6 is 11.3 Å². The third-order valence-corrected chi connectivity index (χ3v) is 4.24. The van der Waals surface area contributed by atoms with Crippen molar-refractivity contribution in [2.45, 2.75) is 46.0 Å². The van der Waals surface area contributed by atoms with Gasteiger partial charge >= 0.3 is 0 Å². The number of hydrogen-bond acceptors (Lipinski definition) is 5. The van der Waals surface area contributed by atoms with Crippen molar-refractivity contribution in [1.82, 2.24) is 10.2 Å². The van der Waals surface area contributed by atoms with Crippen LogP contribution in [-0.4, -0.2) is 22.0 Å². The van der Waals surface area contributed by atoms with Gasteiger partial charge in [0.05, 0.1) is 6.42 Å². The van der Waals surface area contributed by atoms with E-state index in [1.165, 1.54) is 31.1 Å². The van der Waals surface area contributed by atoms with Crippen LogP contribution in [0.5, 0.6) is 0 Å². The van der Waals surface area contributed by atoms with Crippen molar-refractivity contribution in [3.8, 4) is 0 Å². The zero-order chi connectivity index (χ0) is 17.4. The summed E-state index contributed by atoms with van der Waals surface area (Å²) >= 11 is 1.43. The van der Waals surface area contributed by atoms with Gasteiger partial charge in [-0.1, -0.05) is 43.2 Å². The summed E-state index contributed by atoms with van der Waals surface area (Å²) in [6.45, 7) is 3.62. The van der Waals surface area contributed by atoms with Crippen LogP contribution in [0.1, 0.15) is 43.7 Å². The molecule has 2 N–H and O–H groups in total. The van der Waals surface area contributed by atoms with Crippen LogP contribution in [0, 0.1) is 0 Å². The molecule has 0 saturated heterocycles. The summed E-state index contributed by atoms with van der Waals surface area (Å²) in [5.41, 5.74) is 1.58. The fourth-order valence-electron chi connectivity index (χ4n) is 2.19. The molecule has 1 aromatic heterocycles. The van der Waals surface area contributed by atoms with Crippen molar-refractivity contribution >= 4 is 34.0 Å². The van der Waals surface area contributed by atoms with Gasteiger partial charge in [-0.25, -0.2) is 0 Å². The second kappa shape index (κ2) is 9.12. The molecule has 1 heterocycles. The molecular weight excluding hydrogens is 324 g/mol. The van der Waals surface area contributed by atoms with Crippen LogP contribution in [0.4, 0.5) is 10.8 Å². The van der Waals surface area contributed by atoms with Crippen molar-refractivity contribution in [3.05, 3.63) is 34.8 Å². The highest BCUT2D eigenvalue weighted by Crippen LogP contribution is 2.18. The minimum absolute atomic E-state index is 0.119. The van der Waals surface area contributed by atoms with Gasteiger partial charge in [-0.3, -0.25) is 9.59 Å².